The summed E-state index contributed by atoms with van der Waals surface area (Å²) in [5.74, 6) is 0.200. The van der Waals surface area contributed by atoms with Crippen LogP contribution in [0.2, 0.25) is 0 Å². The first-order valence-electron chi connectivity index (χ1n) is 5.64. The predicted molar refractivity (Wildman–Crippen MR) is 66.0 cm³/mol. The number of anilines is 1. The number of halogens is 3. The van der Waals surface area contributed by atoms with E-state index in [4.69, 9.17) is 5.73 Å². The molecule has 0 aliphatic carbocycles. The lowest BCUT2D eigenvalue weighted by Crippen LogP contribution is -2.28. The van der Waals surface area contributed by atoms with Gasteiger partial charge in [-0.05, 0) is 13.0 Å². The summed E-state index contributed by atoms with van der Waals surface area (Å²) in [6.07, 6.45) is -4.63. The Hall–Kier alpha value is -2.38. The van der Waals surface area contributed by atoms with Crippen LogP contribution in [0.15, 0.2) is 29.1 Å². The molecule has 0 aliphatic rings. The van der Waals surface area contributed by atoms with E-state index in [0.717, 1.165) is 18.2 Å². The van der Waals surface area contributed by atoms with Gasteiger partial charge in [-0.2, -0.15) is 13.2 Å². The lowest BCUT2D eigenvalue weighted by molar-refractivity contribution is -0.144. The minimum Gasteiger partial charge on any atom is -0.384 e. The van der Waals surface area contributed by atoms with Gasteiger partial charge >= 0.3 is 6.18 Å². The fraction of sp³-hybridized carbons (Fsp3) is 0.250. The third-order valence-corrected chi connectivity index (χ3v) is 2.56. The van der Waals surface area contributed by atoms with E-state index in [-0.39, 0.29) is 18.2 Å². The molecular weight excluding hydrogens is 273 g/mol. The van der Waals surface area contributed by atoms with Crippen molar-refractivity contribution in [3.8, 4) is 0 Å². The van der Waals surface area contributed by atoms with Gasteiger partial charge in [-0.15, -0.1) is 0 Å². The maximum absolute atomic E-state index is 12.9. The summed E-state index contributed by atoms with van der Waals surface area (Å²) >= 11 is 0. The molecule has 0 unspecified atom stereocenters. The Morgan fingerprint density at radius 2 is 2.00 bits per heavy atom. The number of pyridine rings is 1. The van der Waals surface area contributed by atoms with E-state index in [0.29, 0.717) is 10.3 Å². The summed E-state index contributed by atoms with van der Waals surface area (Å²) in [5.41, 5.74) is 4.21. The fourth-order valence-corrected chi connectivity index (χ4v) is 1.80. The quantitative estimate of drug-likeness (QED) is 0.909. The summed E-state index contributed by atoms with van der Waals surface area (Å²) in [6.45, 7) is 1.25. The topological polar surface area (TPSA) is 73.8 Å². The van der Waals surface area contributed by atoms with E-state index in [2.05, 4.69) is 9.97 Å². The third-order valence-electron chi connectivity index (χ3n) is 2.56. The molecule has 0 spiro atoms. The summed E-state index contributed by atoms with van der Waals surface area (Å²) in [4.78, 5) is 19.4. The highest BCUT2D eigenvalue weighted by Crippen LogP contribution is 2.28. The average Bonchev–Trinajstić information content (AvgIpc) is 2.29. The Morgan fingerprint density at radius 1 is 1.30 bits per heavy atom. The number of alkyl halides is 3. The molecular formula is C12H11F3N4O. The van der Waals surface area contributed by atoms with Crippen LogP contribution in [0.3, 0.4) is 0 Å². The van der Waals surface area contributed by atoms with E-state index in [1.165, 1.54) is 6.07 Å². The molecule has 0 saturated heterocycles. The number of hydrogen-bond acceptors (Lipinski definition) is 4. The highest BCUT2D eigenvalue weighted by atomic mass is 19.4. The maximum Gasteiger partial charge on any atom is 0.431 e. The predicted octanol–water partition coefficient (Wildman–Crippen LogP) is 1.60. The molecule has 2 aromatic rings. The molecule has 0 bridgehead atoms. The van der Waals surface area contributed by atoms with Crippen molar-refractivity contribution in [1.29, 1.82) is 0 Å². The van der Waals surface area contributed by atoms with E-state index in [1.807, 2.05) is 0 Å². The van der Waals surface area contributed by atoms with Gasteiger partial charge in [0.2, 0.25) is 0 Å². The molecule has 5 nitrogen and oxygen atoms in total. The van der Waals surface area contributed by atoms with Crippen molar-refractivity contribution in [3.63, 3.8) is 0 Å². The summed E-state index contributed by atoms with van der Waals surface area (Å²) in [7, 11) is 0. The van der Waals surface area contributed by atoms with Gasteiger partial charge < -0.3 is 5.73 Å². The largest absolute Gasteiger partial charge is 0.431 e. The van der Waals surface area contributed by atoms with Crippen LogP contribution in [-0.2, 0) is 12.7 Å². The van der Waals surface area contributed by atoms with Crippen molar-refractivity contribution in [2.24, 2.45) is 0 Å². The lowest BCUT2D eigenvalue weighted by Gasteiger charge is -2.14. The standard InChI is InChI=1S/C12H11F3N4O/c1-7-5-9(16)18-10(17-7)6-19-8(12(13,14)15)3-2-4-11(19)20/h2-5H,6H2,1H3,(H2,16,17,18). The smallest absolute Gasteiger partial charge is 0.384 e. The van der Waals surface area contributed by atoms with Crippen molar-refractivity contribution >= 4 is 5.82 Å². The Bertz CT molecular complexity index is 674. The van der Waals surface area contributed by atoms with Crippen LogP contribution in [0.4, 0.5) is 19.0 Å². The van der Waals surface area contributed by atoms with Crippen molar-refractivity contribution in [3.05, 3.63) is 51.8 Å². The molecule has 106 valence electrons. The Balaban J connectivity index is 2.51. The van der Waals surface area contributed by atoms with Crippen LogP contribution >= 0.6 is 0 Å². The molecule has 0 aromatic carbocycles. The zero-order valence-electron chi connectivity index (χ0n) is 10.5. The molecule has 2 rings (SSSR count). The molecule has 2 aromatic heterocycles. The van der Waals surface area contributed by atoms with E-state index < -0.39 is 17.4 Å². The summed E-state index contributed by atoms with van der Waals surface area (Å²) in [6, 6.07) is 4.43. The van der Waals surface area contributed by atoms with Gasteiger partial charge in [-0.25, -0.2) is 9.97 Å². The average molecular weight is 284 g/mol. The summed E-state index contributed by atoms with van der Waals surface area (Å²) < 4.78 is 39.2. The van der Waals surface area contributed by atoms with Gasteiger partial charge in [0, 0.05) is 17.8 Å². The Kier molecular flexibility index (Phi) is 3.47. The van der Waals surface area contributed by atoms with Gasteiger partial charge in [0.25, 0.3) is 5.56 Å². The maximum atomic E-state index is 12.9. The number of nitrogen functional groups attached to an aromatic ring is 1. The van der Waals surface area contributed by atoms with Crippen LogP contribution < -0.4 is 11.3 Å². The molecule has 2 heterocycles. The highest BCUT2D eigenvalue weighted by molar-refractivity contribution is 5.29. The summed E-state index contributed by atoms with van der Waals surface area (Å²) in [5, 5.41) is 0. The van der Waals surface area contributed by atoms with E-state index >= 15 is 0 Å². The van der Waals surface area contributed by atoms with Gasteiger partial charge in [-0.3, -0.25) is 9.36 Å². The minimum absolute atomic E-state index is 0.0568. The Labute approximate surface area is 111 Å². The molecule has 0 amide bonds. The van der Waals surface area contributed by atoms with E-state index in [1.54, 1.807) is 6.92 Å². The molecule has 0 atom stereocenters. The number of rotatable bonds is 2. The monoisotopic (exact) mass is 284 g/mol. The van der Waals surface area contributed by atoms with Gasteiger partial charge in [-0.1, -0.05) is 6.07 Å². The van der Waals surface area contributed by atoms with Crippen LogP contribution in [0.5, 0.6) is 0 Å². The molecule has 8 heteroatoms. The first kappa shape index (κ1) is 14.0. The highest BCUT2D eigenvalue weighted by Gasteiger charge is 2.34. The van der Waals surface area contributed by atoms with Crippen molar-refractivity contribution in [2.75, 3.05) is 5.73 Å². The number of nitrogens with zero attached hydrogens (tertiary/aromatic N) is 3. The second-order valence-electron chi connectivity index (χ2n) is 4.18. The lowest BCUT2D eigenvalue weighted by atomic mass is 10.3. The normalized spacial score (nSPS) is 11.6. The molecule has 20 heavy (non-hydrogen) atoms. The zero-order valence-corrected chi connectivity index (χ0v) is 10.5. The van der Waals surface area contributed by atoms with Crippen molar-refractivity contribution in [1.82, 2.24) is 14.5 Å². The molecule has 0 radical (unpaired) electrons. The molecule has 0 saturated carbocycles. The van der Waals surface area contributed by atoms with Crippen LogP contribution in [-0.4, -0.2) is 14.5 Å². The third kappa shape index (κ3) is 2.95. The number of aromatic nitrogens is 3. The number of nitrogens with two attached hydrogens (primary N) is 1. The van der Waals surface area contributed by atoms with Crippen molar-refractivity contribution in [2.45, 2.75) is 19.6 Å². The molecule has 0 aliphatic heterocycles. The number of hydrogen-bond donors (Lipinski definition) is 1. The van der Waals surface area contributed by atoms with Crippen LogP contribution in [0.1, 0.15) is 17.2 Å². The molecule has 2 N–H and O–H groups in total. The SMILES string of the molecule is Cc1cc(N)nc(Cn2c(C(F)(F)F)cccc2=O)n1. The van der Waals surface area contributed by atoms with E-state index in [9.17, 15) is 18.0 Å². The van der Waals surface area contributed by atoms with Crippen molar-refractivity contribution < 1.29 is 13.2 Å². The minimum atomic E-state index is -4.63. The first-order valence-corrected chi connectivity index (χ1v) is 5.64. The first-order chi connectivity index (χ1) is 9.27. The van der Waals surface area contributed by atoms with Crippen LogP contribution in [0, 0.1) is 6.92 Å². The fourth-order valence-electron chi connectivity index (χ4n) is 1.80. The van der Waals surface area contributed by atoms with Gasteiger partial charge in [0.15, 0.2) is 5.82 Å². The second-order valence-corrected chi connectivity index (χ2v) is 4.18. The number of aryl methyl sites for hydroxylation is 1. The molecule has 0 fully saturated rings. The van der Waals surface area contributed by atoms with Gasteiger partial charge in [0.1, 0.15) is 11.5 Å². The van der Waals surface area contributed by atoms with Gasteiger partial charge in [0.05, 0.1) is 6.54 Å². The zero-order chi connectivity index (χ0) is 14.9. The van der Waals surface area contributed by atoms with Crippen LogP contribution in [0.25, 0.3) is 0 Å². The second kappa shape index (κ2) is 4.95. The Morgan fingerprint density at radius 3 is 2.60 bits per heavy atom.